The summed E-state index contributed by atoms with van der Waals surface area (Å²) in [6.45, 7) is 3.04. The van der Waals surface area contributed by atoms with Crippen molar-refractivity contribution in [2.24, 2.45) is 5.92 Å². The smallest absolute Gasteiger partial charge is 0.257 e. The SMILES string of the molecule is COc1cccc(C(=O)N2CCC[C@H](CCC(=O)Nc3ccc(F)cc3C)C2)c1OC. The van der Waals surface area contributed by atoms with Crippen molar-refractivity contribution in [1.29, 1.82) is 0 Å². The number of para-hydroxylation sites is 1. The molecule has 1 aliphatic rings. The number of methoxy groups -OCH3 is 2. The first kappa shape index (κ1) is 22.6. The van der Waals surface area contributed by atoms with Gasteiger partial charge in [0.1, 0.15) is 5.82 Å². The molecule has 0 saturated carbocycles. The number of hydrogen-bond acceptors (Lipinski definition) is 4. The highest BCUT2D eigenvalue weighted by Gasteiger charge is 2.27. The number of likely N-dealkylation sites (tertiary alicyclic amines) is 1. The second-order valence-electron chi connectivity index (χ2n) is 7.85. The zero-order valence-electron chi connectivity index (χ0n) is 18.2. The standard InChI is InChI=1S/C24H29FN2O4/c1-16-14-18(25)10-11-20(16)26-22(28)12-9-17-6-5-13-27(15-17)24(29)19-7-4-8-21(30-2)23(19)31-3/h4,7-8,10-11,14,17H,5-6,9,12-13,15H2,1-3H3,(H,26,28)/t17-/m1/s1. The Morgan fingerprint density at radius 3 is 2.71 bits per heavy atom. The Morgan fingerprint density at radius 1 is 1.19 bits per heavy atom. The highest BCUT2D eigenvalue weighted by molar-refractivity contribution is 5.98. The molecule has 1 saturated heterocycles. The summed E-state index contributed by atoms with van der Waals surface area (Å²) in [6, 6.07) is 9.58. The third-order valence-corrected chi connectivity index (χ3v) is 5.68. The monoisotopic (exact) mass is 428 g/mol. The topological polar surface area (TPSA) is 67.9 Å². The minimum absolute atomic E-state index is 0.0909. The number of carbonyl (C=O) groups is 2. The average molecular weight is 429 g/mol. The molecule has 1 aliphatic heterocycles. The van der Waals surface area contributed by atoms with E-state index >= 15 is 0 Å². The number of amides is 2. The molecule has 1 heterocycles. The number of nitrogens with one attached hydrogen (secondary N) is 1. The summed E-state index contributed by atoms with van der Waals surface area (Å²) in [4.78, 5) is 27.3. The Morgan fingerprint density at radius 2 is 2.00 bits per heavy atom. The second-order valence-corrected chi connectivity index (χ2v) is 7.85. The number of anilines is 1. The lowest BCUT2D eigenvalue weighted by atomic mass is 9.92. The molecule has 0 aliphatic carbocycles. The predicted molar refractivity (Wildman–Crippen MR) is 117 cm³/mol. The maximum Gasteiger partial charge on any atom is 0.257 e. The van der Waals surface area contributed by atoms with Crippen LogP contribution >= 0.6 is 0 Å². The predicted octanol–water partition coefficient (Wildman–Crippen LogP) is 4.42. The zero-order valence-corrected chi connectivity index (χ0v) is 18.2. The molecule has 2 aromatic carbocycles. The Hall–Kier alpha value is -3.09. The Labute approximate surface area is 182 Å². The van der Waals surface area contributed by atoms with Crippen LogP contribution in [0.3, 0.4) is 0 Å². The molecule has 166 valence electrons. The van der Waals surface area contributed by atoms with Gasteiger partial charge < -0.3 is 19.7 Å². The maximum atomic E-state index is 13.2. The van der Waals surface area contributed by atoms with E-state index in [1.54, 1.807) is 38.3 Å². The summed E-state index contributed by atoms with van der Waals surface area (Å²) in [6.07, 6.45) is 2.90. The first-order chi connectivity index (χ1) is 14.9. The molecule has 1 atom stereocenters. The first-order valence-electron chi connectivity index (χ1n) is 10.5. The van der Waals surface area contributed by atoms with Gasteiger partial charge in [-0.2, -0.15) is 0 Å². The fourth-order valence-corrected chi connectivity index (χ4v) is 4.03. The van der Waals surface area contributed by atoms with E-state index in [-0.39, 0.29) is 23.5 Å². The van der Waals surface area contributed by atoms with Crippen molar-refractivity contribution in [3.8, 4) is 11.5 Å². The van der Waals surface area contributed by atoms with Gasteiger partial charge >= 0.3 is 0 Å². The van der Waals surface area contributed by atoms with E-state index in [4.69, 9.17) is 9.47 Å². The number of nitrogens with zero attached hydrogens (tertiary/aromatic N) is 1. The molecule has 3 rings (SSSR count). The summed E-state index contributed by atoms with van der Waals surface area (Å²) in [5, 5.41) is 2.85. The lowest BCUT2D eigenvalue weighted by Gasteiger charge is -2.33. The van der Waals surface area contributed by atoms with Crippen molar-refractivity contribution < 1.29 is 23.5 Å². The number of benzene rings is 2. The van der Waals surface area contributed by atoms with E-state index in [2.05, 4.69) is 5.32 Å². The molecule has 1 N–H and O–H groups in total. The molecule has 31 heavy (non-hydrogen) atoms. The van der Waals surface area contributed by atoms with Crippen molar-refractivity contribution in [3.63, 3.8) is 0 Å². The van der Waals surface area contributed by atoms with Gasteiger partial charge in [-0.25, -0.2) is 4.39 Å². The van der Waals surface area contributed by atoms with Gasteiger partial charge in [-0.05, 0) is 68.0 Å². The highest BCUT2D eigenvalue weighted by Crippen LogP contribution is 2.32. The van der Waals surface area contributed by atoms with Crippen LogP contribution in [0.25, 0.3) is 0 Å². The van der Waals surface area contributed by atoms with Gasteiger partial charge in [0.15, 0.2) is 11.5 Å². The van der Waals surface area contributed by atoms with E-state index in [1.165, 1.54) is 19.2 Å². The molecule has 2 aromatic rings. The number of ether oxygens (including phenoxy) is 2. The minimum Gasteiger partial charge on any atom is -0.493 e. The van der Waals surface area contributed by atoms with Gasteiger partial charge in [0.25, 0.3) is 5.91 Å². The van der Waals surface area contributed by atoms with E-state index in [0.717, 1.165) is 12.8 Å². The molecular weight excluding hydrogens is 399 g/mol. The van der Waals surface area contributed by atoms with Gasteiger partial charge in [-0.15, -0.1) is 0 Å². The van der Waals surface area contributed by atoms with Crippen LogP contribution in [0, 0.1) is 18.7 Å². The highest BCUT2D eigenvalue weighted by atomic mass is 19.1. The van der Waals surface area contributed by atoms with Crippen LogP contribution in [0.2, 0.25) is 0 Å². The molecule has 2 amide bonds. The normalized spacial score (nSPS) is 16.0. The lowest BCUT2D eigenvalue weighted by Crippen LogP contribution is -2.40. The fraction of sp³-hybridized carbons (Fsp3) is 0.417. The van der Waals surface area contributed by atoms with Crippen LogP contribution in [-0.2, 0) is 4.79 Å². The minimum atomic E-state index is -0.324. The van der Waals surface area contributed by atoms with E-state index < -0.39 is 0 Å². The van der Waals surface area contributed by atoms with Crippen LogP contribution in [0.4, 0.5) is 10.1 Å². The van der Waals surface area contributed by atoms with E-state index in [1.807, 2.05) is 4.90 Å². The molecule has 0 aromatic heterocycles. The summed E-state index contributed by atoms with van der Waals surface area (Å²) in [7, 11) is 3.07. The Balaban J connectivity index is 1.58. The lowest BCUT2D eigenvalue weighted by molar-refractivity contribution is -0.116. The molecule has 0 unspecified atom stereocenters. The molecule has 6 nitrogen and oxygen atoms in total. The Kier molecular flexibility index (Phi) is 7.50. The maximum absolute atomic E-state index is 13.2. The van der Waals surface area contributed by atoms with Gasteiger partial charge in [-0.1, -0.05) is 6.07 Å². The largest absolute Gasteiger partial charge is 0.493 e. The number of hydrogen-bond donors (Lipinski definition) is 1. The van der Waals surface area contributed by atoms with Crippen molar-refractivity contribution in [2.45, 2.75) is 32.6 Å². The first-order valence-corrected chi connectivity index (χ1v) is 10.5. The molecule has 0 spiro atoms. The summed E-state index contributed by atoms with van der Waals surface area (Å²) in [5.41, 5.74) is 1.79. The number of halogens is 1. The van der Waals surface area contributed by atoms with Crippen molar-refractivity contribution in [1.82, 2.24) is 4.90 Å². The molecule has 7 heteroatoms. The molecular formula is C24H29FN2O4. The Bertz CT molecular complexity index is 947. The summed E-state index contributed by atoms with van der Waals surface area (Å²) in [5.74, 6) is 0.685. The fourth-order valence-electron chi connectivity index (χ4n) is 4.03. The van der Waals surface area contributed by atoms with Crippen molar-refractivity contribution in [2.75, 3.05) is 32.6 Å². The number of aryl methyl sites for hydroxylation is 1. The third-order valence-electron chi connectivity index (χ3n) is 5.68. The van der Waals surface area contributed by atoms with Crippen molar-refractivity contribution >= 4 is 17.5 Å². The van der Waals surface area contributed by atoms with E-state index in [0.29, 0.717) is 54.2 Å². The second kappa shape index (κ2) is 10.3. The number of rotatable bonds is 7. The summed E-state index contributed by atoms with van der Waals surface area (Å²) >= 11 is 0. The van der Waals surface area contributed by atoms with Gasteiger partial charge in [0.05, 0.1) is 19.8 Å². The third kappa shape index (κ3) is 5.54. The van der Waals surface area contributed by atoms with Crippen LogP contribution in [0.5, 0.6) is 11.5 Å². The van der Waals surface area contributed by atoms with Crippen LogP contribution in [0.1, 0.15) is 41.6 Å². The molecule has 1 fully saturated rings. The quantitative estimate of drug-likeness (QED) is 0.709. The van der Waals surface area contributed by atoms with Gasteiger partial charge in [0, 0.05) is 25.2 Å². The van der Waals surface area contributed by atoms with E-state index in [9.17, 15) is 14.0 Å². The van der Waals surface area contributed by atoms with Crippen LogP contribution in [-0.4, -0.2) is 44.0 Å². The summed E-state index contributed by atoms with van der Waals surface area (Å²) < 4.78 is 23.9. The number of piperidine rings is 1. The van der Waals surface area contributed by atoms with Crippen LogP contribution in [0.15, 0.2) is 36.4 Å². The van der Waals surface area contributed by atoms with Gasteiger partial charge in [-0.3, -0.25) is 9.59 Å². The molecule has 0 radical (unpaired) electrons. The van der Waals surface area contributed by atoms with Gasteiger partial charge in [0.2, 0.25) is 5.91 Å². The van der Waals surface area contributed by atoms with Crippen molar-refractivity contribution in [3.05, 3.63) is 53.3 Å². The molecule has 0 bridgehead atoms. The van der Waals surface area contributed by atoms with Crippen LogP contribution < -0.4 is 14.8 Å². The average Bonchev–Trinajstić information content (AvgIpc) is 2.78. The number of carbonyl (C=O) groups excluding carboxylic acids is 2. The zero-order chi connectivity index (χ0) is 22.4.